The first kappa shape index (κ1) is 15.0. The molecule has 0 aromatic heterocycles. The van der Waals surface area contributed by atoms with Gasteiger partial charge in [-0.15, -0.1) is 0 Å². The Morgan fingerprint density at radius 3 is 2.56 bits per heavy atom. The van der Waals surface area contributed by atoms with Gasteiger partial charge in [0.25, 0.3) is 0 Å². The number of benzene rings is 1. The van der Waals surface area contributed by atoms with Crippen LogP contribution in [0.25, 0.3) is 0 Å². The SMILES string of the molecule is COc1ccc(CC(C)CCNC(C)C)cc1F. The Kier molecular flexibility index (Phi) is 6.13. The van der Waals surface area contributed by atoms with E-state index in [0.29, 0.717) is 17.7 Å². The molecule has 0 aliphatic rings. The van der Waals surface area contributed by atoms with Gasteiger partial charge in [0.2, 0.25) is 0 Å². The van der Waals surface area contributed by atoms with Crippen LogP contribution >= 0.6 is 0 Å². The maximum Gasteiger partial charge on any atom is 0.165 e. The number of rotatable bonds is 7. The summed E-state index contributed by atoms with van der Waals surface area (Å²) in [5.74, 6) is 0.583. The average Bonchev–Trinajstić information content (AvgIpc) is 2.28. The normalized spacial score (nSPS) is 12.8. The van der Waals surface area contributed by atoms with Crippen molar-refractivity contribution < 1.29 is 9.13 Å². The Bertz CT molecular complexity index is 366. The highest BCUT2D eigenvalue weighted by molar-refractivity contribution is 5.29. The van der Waals surface area contributed by atoms with Crippen LogP contribution in [0.4, 0.5) is 4.39 Å². The van der Waals surface area contributed by atoms with Gasteiger partial charge < -0.3 is 10.1 Å². The molecule has 0 saturated carbocycles. The first-order valence-electron chi connectivity index (χ1n) is 6.58. The summed E-state index contributed by atoms with van der Waals surface area (Å²) in [4.78, 5) is 0. The van der Waals surface area contributed by atoms with Gasteiger partial charge in [-0.3, -0.25) is 0 Å². The zero-order valence-corrected chi connectivity index (χ0v) is 11.8. The number of methoxy groups -OCH3 is 1. The molecule has 0 bridgehead atoms. The summed E-state index contributed by atoms with van der Waals surface area (Å²) in [5.41, 5.74) is 1.03. The molecule has 1 N–H and O–H groups in total. The molecule has 1 unspecified atom stereocenters. The predicted octanol–water partition coefficient (Wildman–Crippen LogP) is 3.40. The van der Waals surface area contributed by atoms with Gasteiger partial charge in [0.05, 0.1) is 7.11 Å². The minimum absolute atomic E-state index is 0.275. The molecule has 1 atom stereocenters. The Morgan fingerprint density at radius 1 is 1.28 bits per heavy atom. The van der Waals surface area contributed by atoms with Gasteiger partial charge in [0.1, 0.15) is 0 Å². The number of ether oxygens (including phenoxy) is 1. The molecule has 0 heterocycles. The lowest BCUT2D eigenvalue weighted by atomic mass is 9.98. The highest BCUT2D eigenvalue weighted by atomic mass is 19.1. The fourth-order valence-electron chi connectivity index (χ4n) is 1.96. The van der Waals surface area contributed by atoms with E-state index in [0.717, 1.165) is 24.9 Å². The first-order valence-corrected chi connectivity index (χ1v) is 6.58. The second-order valence-corrected chi connectivity index (χ2v) is 5.18. The number of nitrogens with one attached hydrogen (secondary N) is 1. The third kappa shape index (κ3) is 5.05. The van der Waals surface area contributed by atoms with Crippen LogP contribution in [-0.4, -0.2) is 19.7 Å². The molecule has 2 nitrogen and oxygen atoms in total. The molecule has 3 heteroatoms. The van der Waals surface area contributed by atoms with Crippen molar-refractivity contribution in [2.75, 3.05) is 13.7 Å². The molecule has 0 aliphatic heterocycles. The van der Waals surface area contributed by atoms with E-state index in [1.165, 1.54) is 7.11 Å². The van der Waals surface area contributed by atoms with Gasteiger partial charge in [0, 0.05) is 6.04 Å². The van der Waals surface area contributed by atoms with Crippen LogP contribution in [-0.2, 0) is 6.42 Å². The van der Waals surface area contributed by atoms with Gasteiger partial charge in [-0.2, -0.15) is 0 Å². The van der Waals surface area contributed by atoms with Crippen LogP contribution in [0.2, 0.25) is 0 Å². The topological polar surface area (TPSA) is 21.3 Å². The summed E-state index contributed by atoms with van der Waals surface area (Å²) in [5, 5.41) is 3.40. The van der Waals surface area contributed by atoms with Crippen molar-refractivity contribution in [2.24, 2.45) is 5.92 Å². The highest BCUT2D eigenvalue weighted by Crippen LogP contribution is 2.20. The molecule has 1 aromatic rings. The standard InChI is InChI=1S/C15H24FNO/c1-11(2)17-8-7-12(3)9-13-5-6-15(18-4)14(16)10-13/h5-6,10-12,17H,7-9H2,1-4H3. The van der Waals surface area contributed by atoms with Crippen LogP contribution < -0.4 is 10.1 Å². The van der Waals surface area contributed by atoms with Crippen molar-refractivity contribution in [1.82, 2.24) is 5.32 Å². The van der Waals surface area contributed by atoms with E-state index in [9.17, 15) is 4.39 Å². The first-order chi connectivity index (χ1) is 8.52. The van der Waals surface area contributed by atoms with Crippen LogP contribution in [0.1, 0.15) is 32.8 Å². The summed E-state index contributed by atoms with van der Waals surface area (Å²) in [6, 6.07) is 5.74. The van der Waals surface area contributed by atoms with Crippen molar-refractivity contribution in [1.29, 1.82) is 0 Å². The second-order valence-electron chi connectivity index (χ2n) is 5.18. The molecule has 0 spiro atoms. The molecule has 1 rings (SSSR count). The van der Waals surface area contributed by atoms with Gasteiger partial charge in [-0.25, -0.2) is 4.39 Å². The Labute approximate surface area is 110 Å². The van der Waals surface area contributed by atoms with Gasteiger partial charge >= 0.3 is 0 Å². The molecule has 0 fully saturated rings. The van der Waals surface area contributed by atoms with Gasteiger partial charge in [-0.05, 0) is 43.0 Å². The Morgan fingerprint density at radius 2 is 2.00 bits per heavy atom. The van der Waals surface area contributed by atoms with Crippen molar-refractivity contribution in [2.45, 2.75) is 39.7 Å². The molecule has 0 aliphatic carbocycles. The third-order valence-corrected chi connectivity index (χ3v) is 2.99. The van der Waals surface area contributed by atoms with Crippen LogP contribution in [0.3, 0.4) is 0 Å². The number of hydrogen-bond donors (Lipinski definition) is 1. The average molecular weight is 253 g/mol. The lowest BCUT2D eigenvalue weighted by molar-refractivity contribution is 0.385. The molecular formula is C15H24FNO. The molecule has 1 aromatic carbocycles. The molecule has 102 valence electrons. The van der Waals surface area contributed by atoms with E-state index in [2.05, 4.69) is 26.1 Å². The van der Waals surface area contributed by atoms with Crippen molar-refractivity contribution in [3.8, 4) is 5.75 Å². The monoisotopic (exact) mass is 253 g/mol. The largest absolute Gasteiger partial charge is 0.494 e. The fourth-order valence-corrected chi connectivity index (χ4v) is 1.96. The fraction of sp³-hybridized carbons (Fsp3) is 0.600. The molecular weight excluding hydrogens is 229 g/mol. The van der Waals surface area contributed by atoms with Gasteiger partial charge in [-0.1, -0.05) is 26.8 Å². The minimum Gasteiger partial charge on any atom is -0.494 e. The maximum atomic E-state index is 13.5. The van der Waals surface area contributed by atoms with E-state index >= 15 is 0 Å². The van der Waals surface area contributed by atoms with Crippen molar-refractivity contribution >= 4 is 0 Å². The summed E-state index contributed by atoms with van der Waals surface area (Å²) < 4.78 is 18.4. The van der Waals surface area contributed by atoms with E-state index in [-0.39, 0.29) is 5.82 Å². The zero-order chi connectivity index (χ0) is 13.5. The van der Waals surface area contributed by atoms with E-state index < -0.39 is 0 Å². The smallest absolute Gasteiger partial charge is 0.165 e. The third-order valence-electron chi connectivity index (χ3n) is 2.99. The lowest BCUT2D eigenvalue weighted by Gasteiger charge is -2.14. The van der Waals surface area contributed by atoms with Crippen LogP contribution in [0.5, 0.6) is 5.75 Å². The minimum atomic E-state index is -0.275. The van der Waals surface area contributed by atoms with Gasteiger partial charge in [0.15, 0.2) is 11.6 Å². The number of hydrogen-bond acceptors (Lipinski definition) is 2. The molecule has 0 saturated heterocycles. The van der Waals surface area contributed by atoms with Crippen molar-refractivity contribution in [3.05, 3.63) is 29.6 Å². The zero-order valence-electron chi connectivity index (χ0n) is 11.8. The van der Waals surface area contributed by atoms with Crippen LogP contribution in [0, 0.1) is 11.7 Å². The maximum absolute atomic E-state index is 13.5. The molecule has 0 amide bonds. The second kappa shape index (κ2) is 7.37. The summed E-state index contributed by atoms with van der Waals surface area (Å²) in [6.07, 6.45) is 2.01. The number of halogens is 1. The highest BCUT2D eigenvalue weighted by Gasteiger charge is 2.07. The summed E-state index contributed by atoms with van der Waals surface area (Å²) in [7, 11) is 1.48. The Balaban J connectivity index is 2.44. The summed E-state index contributed by atoms with van der Waals surface area (Å²) in [6.45, 7) is 7.49. The van der Waals surface area contributed by atoms with Crippen molar-refractivity contribution in [3.63, 3.8) is 0 Å². The molecule has 18 heavy (non-hydrogen) atoms. The predicted molar refractivity (Wildman–Crippen MR) is 73.6 cm³/mol. The van der Waals surface area contributed by atoms with E-state index in [4.69, 9.17) is 4.74 Å². The van der Waals surface area contributed by atoms with Crippen LogP contribution in [0.15, 0.2) is 18.2 Å². The Hall–Kier alpha value is -1.09. The van der Waals surface area contributed by atoms with E-state index in [1.54, 1.807) is 12.1 Å². The molecule has 0 radical (unpaired) electrons. The quantitative estimate of drug-likeness (QED) is 0.804. The lowest BCUT2D eigenvalue weighted by Crippen LogP contribution is -2.25. The summed E-state index contributed by atoms with van der Waals surface area (Å²) >= 11 is 0. The van der Waals surface area contributed by atoms with E-state index in [1.807, 2.05) is 6.07 Å².